The molecule has 0 radical (unpaired) electrons. The minimum absolute atomic E-state index is 0.556. The van der Waals surface area contributed by atoms with Gasteiger partial charge in [-0.05, 0) is 20.8 Å². The first kappa shape index (κ1) is 8.88. The first-order chi connectivity index (χ1) is 4.24. The van der Waals surface area contributed by atoms with E-state index >= 15 is 0 Å². The van der Waals surface area contributed by atoms with Crippen LogP contribution in [0.25, 0.3) is 0 Å². The third-order valence-electron chi connectivity index (χ3n) is 1.95. The van der Waals surface area contributed by atoms with Crippen molar-refractivity contribution in [3.05, 3.63) is 0 Å². The lowest BCUT2D eigenvalue weighted by Gasteiger charge is -2.28. The summed E-state index contributed by atoms with van der Waals surface area (Å²) in [6.07, 6.45) is 0. The van der Waals surface area contributed by atoms with E-state index < -0.39 is 0 Å². The summed E-state index contributed by atoms with van der Waals surface area (Å²) < 4.78 is 0.556. The highest BCUT2D eigenvalue weighted by Crippen LogP contribution is 2.02. The Hall–Kier alpha value is -0.120. The SMILES string of the molecule is CC[N+](CC)(CC)ON. The topological polar surface area (TPSA) is 35.2 Å². The predicted molar refractivity (Wildman–Crippen MR) is 37.2 cm³/mol. The molecule has 0 aliphatic rings. The second kappa shape index (κ2) is 3.82. The fourth-order valence-electron chi connectivity index (χ4n) is 0.894. The average molecular weight is 133 g/mol. The van der Waals surface area contributed by atoms with Crippen LogP contribution in [0.1, 0.15) is 20.8 Å². The lowest BCUT2D eigenvalue weighted by atomic mass is 10.5. The highest BCUT2D eigenvalue weighted by molar-refractivity contribution is 4.20. The van der Waals surface area contributed by atoms with Gasteiger partial charge in [0.1, 0.15) is 19.6 Å². The van der Waals surface area contributed by atoms with Gasteiger partial charge in [-0.3, -0.25) is 0 Å². The summed E-state index contributed by atoms with van der Waals surface area (Å²) in [5.74, 6) is 5.11. The molecule has 0 saturated carbocycles. The van der Waals surface area contributed by atoms with Crippen molar-refractivity contribution in [2.75, 3.05) is 19.6 Å². The van der Waals surface area contributed by atoms with Crippen molar-refractivity contribution >= 4 is 0 Å². The van der Waals surface area contributed by atoms with E-state index in [1.807, 2.05) is 0 Å². The number of hydroxylamine groups is 3. The fraction of sp³-hybridized carbons (Fsp3) is 1.00. The second-order valence-corrected chi connectivity index (χ2v) is 2.11. The molecule has 0 bridgehead atoms. The molecule has 0 saturated heterocycles. The zero-order valence-corrected chi connectivity index (χ0v) is 6.55. The van der Waals surface area contributed by atoms with Crippen LogP contribution < -0.4 is 5.90 Å². The molecule has 3 heteroatoms. The summed E-state index contributed by atoms with van der Waals surface area (Å²) >= 11 is 0. The predicted octanol–water partition coefficient (Wildman–Crippen LogP) is 0.668. The van der Waals surface area contributed by atoms with Crippen LogP contribution in [0.5, 0.6) is 0 Å². The molecule has 0 heterocycles. The van der Waals surface area contributed by atoms with E-state index in [2.05, 4.69) is 20.8 Å². The minimum atomic E-state index is 0.556. The quantitative estimate of drug-likeness (QED) is 0.452. The molecule has 0 unspecified atom stereocenters. The number of quaternary nitrogens is 1. The summed E-state index contributed by atoms with van der Waals surface area (Å²) in [5.41, 5.74) is 0. The Bertz CT molecular complexity index is 53.9. The maximum Gasteiger partial charge on any atom is 0.108 e. The highest BCUT2D eigenvalue weighted by Gasteiger charge is 2.20. The van der Waals surface area contributed by atoms with Gasteiger partial charge in [0.15, 0.2) is 0 Å². The van der Waals surface area contributed by atoms with Gasteiger partial charge in [-0.25, -0.2) is 0 Å². The van der Waals surface area contributed by atoms with E-state index in [9.17, 15) is 0 Å². The third kappa shape index (κ3) is 1.93. The molecule has 0 aromatic carbocycles. The minimum Gasteiger partial charge on any atom is -0.161 e. The smallest absolute Gasteiger partial charge is 0.108 e. The first-order valence-corrected chi connectivity index (χ1v) is 3.49. The lowest BCUT2D eigenvalue weighted by Crippen LogP contribution is -2.49. The van der Waals surface area contributed by atoms with Crippen molar-refractivity contribution in [3.63, 3.8) is 0 Å². The van der Waals surface area contributed by atoms with Crippen LogP contribution in [0, 0.1) is 0 Å². The molecule has 0 aliphatic heterocycles. The monoisotopic (exact) mass is 133 g/mol. The van der Waals surface area contributed by atoms with E-state index in [-0.39, 0.29) is 0 Å². The molecule has 9 heavy (non-hydrogen) atoms. The second-order valence-electron chi connectivity index (χ2n) is 2.11. The van der Waals surface area contributed by atoms with Gasteiger partial charge >= 0.3 is 0 Å². The zero-order chi connectivity index (χ0) is 7.33. The molecular weight excluding hydrogens is 116 g/mol. The Morgan fingerprint density at radius 1 is 1.11 bits per heavy atom. The van der Waals surface area contributed by atoms with E-state index in [0.29, 0.717) is 4.65 Å². The Morgan fingerprint density at radius 3 is 1.44 bits per heavy atom. The van der Waals surface area contributed by atoms with Gasteiger partial charge < -0.3 is 0 Å². The van der Waals surface area contributed by atoms with Crippen LogP contribution in [-0.2, 0) is 4.94 Å². The van der Waals surface area contributed by atoms with Crippen molar-refractivity contribution in [2.24, 2.45) is 5.90 Å². The largest absolute Gasteiger partial charge is 0.161 e. The van der Waals surface area contributed by atoms with Crippen molar-refractivity contribution < 1.29 is 9.58 Å². The van der Waals surface area contributed by atoms with Crippen LogP contribution in [-0.4, -0.2) is 24.3 Å². The van der Waals surface area contributed by atoms with Gasteiger partial charge in [0, 0.05) is 0 Å². The summed E-state index contributed by atoms with van der Waals surface area (Å²) in [4.78, 5) is 4.82. The molecule has 3 nitrogen and oxygen atoms in total. The number of hydrogen-bond acceptors (Lipinski definition) is 2. The number of rotatable bonds is 4. The summed E-state index contributed by atoms with van der Waals surface area (Å²) in [7, 11) is 0. The Kier molecular flexibility index (Phi) is 3.77. The molecular formula is C6H17N2O+. The maximum absolute atomic E-state index is 5.11. The fourth-order valence-corrected chi connectivity index (χ4v) is 0.894. The molecule has 0 aliphatic carbocycles. The summed E-state index contributed by atoms with van der Waals surface area (Å²) in [5, 5.41) is 0. The number of nitrogens with zero attached hydrogens (tertiary/aromatic N) is 1. The van der Waals surface area contributed by atoms with Crippen LogP contribution in [0.3, 0.4) is 0 Å². The average Bonchev–Trinajstić information content (AvgIpc) is 1.95. The van der Waals surface area contributed by atoms with Gasteiger partial charge in [-0.2, -0.15) is 10.5 Å². The molecule has 0 rings (SSSR count). The van der Waals surface area contributed by atoms with E-state index in [1.54, 1.807) is 0 Å². The standard InChI is InChI=1S/C6H17N2O/c1-4-8(5-2,6-3)9-7/h4-7H2,1-3H3/q+1. The van der Waals surface area contributed by atoms with Crippen molar-refractivity contribution in [3.8, 4) is 0 Å². The van der Waals surface area contributed by atoms with Crippen LogP contribution in [0.15, 0.2) is 0 Å². The molecule has 0 aromatic heterocycles. The zero-order valence-electron chi connectivity index (χ0n) is 6.55. The van der Waals surface area contributed by atoms with Gasteiger partial charge in [0.2, 0.25) is 0 Å². The summed E-state index contributed by atoms with van der Waals surface area (Å²) in [6.45, 7) is 9.01. The number of nitrogens with two attached hydrogens (primary N) is 1. The third-order valence-corrected chi connectivity index (χ3v) is 1.95. The lowest BCUT2D eigenvalue weighted by molar-refractivity contribution is -1.10. The molecule has 0 fully saturated rings. The summed E-state index contributed by atoms with van der Waals surface area (Å²) in [6, 6.07) is 0. The Morgan fingerprint density at radius 2 is 1.44 bits per heavy atom. The van der Waals surface area contributed by atoms with Crippen LogP contribution in [0.2, 0.25) is 0 Å². The van der Waals surface area contributed by atoms with Gasteiger partial charge in [-0.15, -0.1) is 4.94 Å². The molecule has 2 N–H and O–H groups in total. The Balaban J connectivity index is 3.82. The van der Waals surface area contributed by atoms with Crippen LogP contribution in [0.4, 0.5) is 0 Å². The molecule has 0 amide bonds. The maximum atomic E-state index is 5.11. The van der Waals surface area contributed by atoms with Gasteiger partial charge in [0.25, 0.3) is 0 Å². The van der Waals surface area contributed by atoms with Crippen molar-refractivity contribution in [1.29, 1.82) is 0 Å². The van der Waals surface area contributed by atoms with Gasteiger partial charge in [-0.1, -0.05) is 0 Å². The highest BCUT2D eigenvalue weighted by atomic mass is 16.8. The molecule has 0 aromatic rings. The van der Waals surface area contributed by atoms with Crippen LogP contribution >= 0.6 is 0 Å². The normalized spacial score (nSPS) is 12.0. The van der Waals surface area contributed by atoms with E-state index in [0.717, 1.165) is 19.6 Å². The molecule has 56 valence electrons. The van der Waals surface area contributed by atoms with E-state index in [4.69, 9.17) is 10.8 Å². The van der Waals surface area contributed by atoms with E-state index in [1.165, 1.54) is 0 Å². The first-order valence-electron chi connectivity index (χ1n) is 3.49. The Labute approximate surface area is 56.9 Å². The van der Waals surface area contributed by atoms with Crippen molar-refractivity contribution in [2.45, 2.75) is 20.8 Å². The molecule has 0 spiro atoms. The number of hydrogen-bond donors (Lipinski definition) is 1. The molecule has 0 atom stereocenters. The van der Waals surface area contributed by atoms with Crippen molar-refractivity contribution in [1.82, 2.24) is 0 Å². The van der Waals surface area contributed by atoms with Gasteiger partial charge in [0.05, 0.1) is 0 Å².